The maximum atomic E-state index is 9.83. The molecular formula is C17H28O. The molecule has 0 saturated carbocycles. The average molecular weight is 248 g/mol. The molecule has 0 bridgehead atoms. The molecule has 1 N–H and O–H groups in total. The van der Waals surface area contributed by atoms with Gasteiger partial charge in [0.05, 0.1) is 6.61 Å². The number of unbranched alkanes of at least 4 members (excludes halogenated alkanes) is 4. The van der Waals surface area contributed by atoms with Crippen LogP contribution in [0.5, 0.6) is 0 Å². The van der Waals surface area contributed by atoms with E-state index in [-0.39, 0.29) is 12.0 Å². The first kappa shape index (κ1) is 15.2. The second-order valence-electron chi connectivity index (χ2n) is 5.32. The highest BCUT2D eigenvalue weighted by molar-refractivity contribution is 5.25. The van der Waals surface area contributed by atoms with Crippen molar-refractivity contribution >= 4 is 0 Å². The van der Waals surface area contributed by atoms with Crippen LogP contribution in [0.1, 0.15) is 64.4 Å². The summed E-state index contributed by atoms with van der Waals surface area (Å²) in [7, 11) is 0. The van der Waals surface area contributed by atoms with E-state index in [1.54, 1.807) is 0 Å². The van der Waals surface area contributed by atoms with Gasteiger partial charge in [0, 0.05) is 5.41 Å². The topological polar surface area (TPSA) is 20.2 Å². The Morgan fingerprint density at radius 3 is 2.17 bits per heavy atom. The summed E-state index contributed by atoms with van der Waals surface area (Å²) >= 11 is 0. The molecule has 18 heavy (non-hydrogen) atoms. The summed E-state index contributed by atoms with van der Waals surface area (Å²) in [5.74, 6) is 0. The summed E-state index contributed by atoms with van der Waals surface area (Å²) in [6.07, 6.45) is 8.60. The predicted octanol–water partition coefficient (Wildman–Crippen LogP) is 4.69. The molecule has 0 aliphatic rings. The van der Waals surface area contributed by atoms with Gasteiger partial charge < -0.3 is 5.11 Å². The minimum absolute atomic E-state index is 0.0204. The van der Waals surface area contributed by atoms with Gasteiger partial charge in [0.15, 0.2) is 0 Å². The Hall–Kier alpha value is -0.820. The molecule has 1 unspecified atom stereocenters. The fourth-order valence-corrected chi connectivity index (χ4v) is 2.67. The van der Waals surface area contributed by atoms with Crippen LogP contribution in [0, 0.1) is 0 Å². The van der Waals surface area contributed by atoms with Crippen molar-refractivity contribution in [3.8, 4) is 0 Å². The molecule has 0 spiro atoms. The van der Waals surface area contributed by atoms with Crippen molar-refractivity contribution in [1.82, 2.24) is 0 Å². The van der Waals surface area contributed by atoms with Crippen LogP contribution in [0.25, 0.3) is 0 Å². The van der Waals surface area contributed by atoms with E-state index in [1.807, 2.05) is 6.07 Å². The van der Waals surface area contributed by atoms with Crippen molar-refractivity contribution in [3.05, 3.63) is 35.9 Å². The Labute approximate surface area is 112 Å². The number of hydrogen-bond acceptors (Lipinski definition) is 1. The van der Waals surface area contributed by atoms with Gasteiger partial charge in [-0.25, -0.2) is 0 Å². The van der Waals surface area contributed by atoms with E-state index in [1.165, 1.54) is 37.7 Å². The van der Waals surface area contributed by atoms with Gasteiger partial charge in [0.1, 0.15) is 0 Å². The van der Waals surface area contributed by atoms with Crippen molar-refractivity contribution in [1.29, 1.82) is 0 Å². The molecule has 0 aromatic heterocycles. The second-order valence-corrected chi connectivity index (χ2v) is 5.32. The van der Waals surface area contributed by atoms with Crippen LogP contribution in [-0.2, 0) is 5.41 Å². The number of rotatable bonds is 9. The maximum Gasteiger partial charge on any atom is 0.0527 e. The Balaban J connectivity index is 2.58. The van der Waals surface area contributed by atoms with Gasteiger partial charge in [-0.05, 0) is 18.4 Å². The van der Waals surface area contributed by atoms with E-state index in [0.717, 1.165) is 12.8 Å². The largest absolute Gasteiger partial charge is 0.395 e. The minimum atomic E-state index is -0.0204. The minimum Gasteiger partial charge on any atom is -0.395 e. The van der Waals surface area contributed by atoms with Gasteiger partial charge in [-0.2, -0.15) is 0 Å². The molecule has 0 aliphatic heterocycles. The van der Waals surface area contributed by atoms with E-state index in [9.17, 15) is 5.11 Å². The monoisotopic (exact) mass is 248 g/mol. The number of hydrogen-bond donors (Lipinski definition) is 1. The summed E-state index contributed by atoms with van der Waals surface area (Å²) in [4.78, 5) is 0. The number of aliphatic hydroxyl groups is 1. The zero-order chi connectivity index (χ0) is 13.3. The van der Waals surface area contributed by atoms with Gasteiger partial charge in [-0.15, -0.1) is 0 Å². The molecule has 0 radical (unpaired) electrons. The summed E-state index contributed by atoms with van der Waals surface area (Å²) in [6, 6.07) is 10.5. The molecule has 0 aliphatic carbocycles. The first-order chi connectivity index (χ1) is 8.79. The lowest BCUT2D eigenvalue weighted by molar-refractivity contribution is 0.175. The first-order valence-corrected chi connectivity index (χ1v) is 7.45. The molecule has 1 nitrogen and oxygen atoms in total. The van der Waals surface area contributed by atoms with Gasteiger partial charge in [-0.1, -0.05) is 76.3 Å². The third-order valence-electron chi connectivity index (χ3n) is 4.12. The summed E-state index contributed by atoms with van der Waals surface area (Å²) in [5.41, 5.74) is 1.28. The fourth-order valence-electron chi connectivity index (χ4n) is 2.67. The zero-order valence-corrected chi connectivity index (χ0v) is 12.0. The van der Waals surface area contributed by atoms with E-state index >= 15 is 0 Å². The zero-order valence-electron chi connectivity index (χ0n) is 12.0. The second kappa shape index (κ2) is 8.31. The molecule has 0 fully saturated rings. The van der Waals surface area contributed by atoms with E-state index < -0.39 is 0 Å². The third kappa shape index (κ3) is 4.13. The van der Waals surface area contributed by atoms with Crippen LogP contribution in [0.15, 0.2) is 30.3 Å². The molecule has 1 aromatic carbocycles. The van der Waals surface area contributed by atoms with E-state index in [0.29, 0.717) is 0 Å². The van der Waals surface area contributed by atoms with Crippen molar-refractivity contribution in [2.75, 3.05) is 6.61 Å². The molecular weight excluding hydrogens is 220 g/mol. The Kier molecular flexibility index (Phi) is 7.04. The van der Waals surface area contributed by atoms with Crippen LogP contribution in [0.3, 0.4) is 0 Å². The van der Waals surface area contributed by atoms with Gasteiger partial charge in [0.2, 0.25) is 0 Å². The fraction of sp³-hybridized carbons (Fsp3) is 0.647. The Morgan fingerprint density at radius 2 is 1.61 bits per heavy atom. The van der Waals surface area contributed by atoms with Crippen LogP contribution in [0.2, 0.25) is 0 Å². The summed E-state index contributed by atoms with van der Waals surface area (Å²) in [6.45, 7) is 4.70. The summed E-state index contributed by atoms with van der Waals surface area (Å²) in [5, 5.41) is 9.83. The Morgan fingerprint density at radius 1 is 0.944 bits per heavy atom. The number of aliphatic hydroxyl groups excluding tert-OH is 1. The van der Waals surface area contributed by atoms with Crippen LogP contribution in [0.4, 0.5) is 0 Å². The normalized spacial score (nSPS) is 14.4. The standard InChI is InChI=1S/C17H28O/c1-3-5-6-7-11-14-17(4-2,15-18)16-12-9-8-10-13-16/h8-10,12-13,18H,3-7,11,14-15H2,1-2H3. The van der Waals surface area contributed by atoms with Gasteiger partial charge >= 0.3 is 0 Å². The van der Waals surface area contributed by atoms with Crippen molar-refractivity contribution < 1.29 is 5.11 Å². The van der Waals surface area contributed by atoms with Crippen molar-refractivity contribution in [2.45, 2.75) is 64.2 Å². The SMILES string of the molecule is CCCCCCCC(CC)(CO)c1ccccc1. The average Bonchev–Trinajstić information content (AvgIpc) is 2.44. The molecule has 0 amide bonds. The molecule has 1 heteroatoms. The predicted molar refractivity (Wildman–Crippen MR) is 78.9 cm³/mol. The highest BCUT2D eigenvalue weighted by Crippen LogP contribution is 2.33. The van der Waals surface area contributed by atoms with Crippen molar-refractivity contribution in [2.24, 2.45) is 0 Å². The number of benzene rings is 1. The van der Waals surface area contributed by atoms with Gasteiger partial charge in [-0.3, -0.25) is 0 Å². The lowest BCUT2D eigenvalue weighted by atomic mass is 9.75. The molecule has 0 heterocycles. The lowest BCUT2D eigenvalue weighted by Crippen LogP contribution is -2.29. The third-order valence-corrected chi connectivity index (χ3v) is 4.12. The van der Waals surface area contributed by atoms with E-state index in [2.05, 4.69) is 38.1 Å². The molecule has 1 rings (SSSR count). The summed E-state index contributed by atoms with van der Waals surface area (Å²) < 4.78 is 0. The first-order valence-electron chi connectivity index (χ1n) is 7.45. The van der Waals surface area contributed by atoms with Crippen LogP contribution >= 0.6 is 0 Å². The molecule has 102 valence electrons. The van der Waals surface area contributed by atoms with Crippen molar-refractivity contribution in [3.63, 3.8) is 0 Å². The molecule has 1 atom stereocenters. The molecule has 1 aromatic rings. The van der Waals surface area contributed by atoms with Crippen LogP contribution < -0.4 is 0 Å². The quantitative estimate of drug-likeness (QED) is 0.629. The highest BCUT2D eigenvalue weighted by Gasteiger charge is 2.28. The van der Waals surface area contributed by atoms with E-state index in [4.69, 9.17) is 0 Å². The maximum absolute atomic E-state index is 9.83. The highest BCUT2D eigenvalue weighted by atomic mass is 16.3. The lowest BCUT2D eigenvalue weighted by Gasteiger charge is -2.31. The molecule has 0 saturated heterocycles. The van der Waals surface area contributed by atoms with Gasteiger partial charge in [0.25, 0.3) is 0 Å². The smallest absolute Gasteiger partial charge is 0.0527 e. The Bertz CT molecular complexity index is 301. The van der Waals surface area contributed by atoms with Crippen LogP contribution in [-0.4, -0.2) is 11.7 Å².